The van der Waals surface area contributed by atoms with Gasteiger partial charge in [0.25, 0.3) is 0 Å². The van der Waals surface area contributed by atoms with E-state index in [1.807, 2.05) is 24.3 Å². The molecule has 0 spiro atoms. The number of benzene rings is 2. The molecule has 2 aromatic rings. The summed E-state index contributed by atoms with van der Waals surface area (Å²) in [6, 6.07) is 12.1. The number of carbonyl (C=O) groups is 1. The number of aromatic hydroxyl groups is 2. The van der Waals surface area contributed by atoms with Gasteiger partial charge in [0.1, 0.15) is 11.5 Å². The predicted molar refractivity (Wildman–Crippen MR) is 160 cm³/mol. The number of rotatable bonds is 12. The Bertz CT molecular complexity index is 1040. The molecule has 0 aromatic heterocycles. The molecule has 212 valence electrons. The van der Waals surface area contributed by atoms with Crippen molar-refractivity contribution < 1.29 is 15.0 Å². The van der Waals surface area contributed by atoms with Crippen LogP contribution in [0.3, 0.4) is 0 Å². The monoisotopic (exact) mass is 523 g/mol. The van der Waals surface area contributed by atoms with Gasteiger partial charge in [0, 0.05) is 19.0 Å². The predicted octanol–water partition coefficient (Wildman–Crippen LogP) is 8.30. The number of phenols is 2. The van der Waals surface area contributed by atoms with Crippen molar-refractivity contribution >= 4 is 5.91 Å². The first-order valence-corrected chi connectivity index (χ1v) is 14.6. The molecule has 2 unspecified atom stereocenters. The maximum atomic E-state index is 13.4. The van der Waals surface area contributed by atoms with Crippen LogP contribution in [0.1, 0.15) is 117 Å². The first kappa shape index (κ1) is 31.7. The van der Waals surface area contributed by atoms with Crippen molar-refractivity contribution in [1.29, 1.82) is 0 Å². The van der Waals surface area contributed by atoms with Crippen molar-refractivity contribution in [2.45, 2.75) is 124 Å². The quantitative estimate of drug-likeness (QED) is 0.294. The van der Waals surface area contributed by atoms with Crippen molar-refractivity contribution in [3.8, 4) is 11.5 Å². The molecule has 38 heavy (non-hydrogen) atoms. The van der Waals surface area contributed by atoms with Crippen molar-refractivity contribution in [3.63, 3.8) is 0 Å². The Morgan fingerprint density at radius 3 is 1.87 bits per heavy atom. The highest BCUT2D eigenvalue weighted by Gasteiger charge is 2.29. The third kappa shape index (κ3) is 8.78. The molecule has 1 amide bonds. The minimum absolute atomic E-state index is 0.111. The minimum Gasteiger partial charge on any atom is -0.508 e. The molecule has 0 radical (unpaired) electrons. The highest BCUT2D eigenvalue weighted by atomic mass is 16.3. The van der Waals surface area contributed by atoms with Gasteiger partial charge in [-0.05, 0) is 83.2 Å². The van der Waals surface area contributed by atoms with Crippen molar-refractivity contribution in [2.24, 2.45) is 5.92 Å². The Morgan fingerprint density at radius 2 is 1.37 bits per heavy atom. The van der Waals surface area contributed by atoms with E-state index in [2.05, 4.69) is 79.3 Å². The lowest BCUT2D eigenvalue weighted by Gasteiger charge is -2.37. The van der Waals surface area contributed by atoms with Gasteiger partial charge >= 0.3 is 0 Å². The number of aryl methyl sites for hydroxylation is 1. The Labute approximate surface area is 232 Å². The van der Waals surface area contributed by atoms with E-state index < -0.39 is 0 Å². The molecule has 4 heteroatoms. The molecule has 0 heterocycles. The summed E-state index contributed by atoms with van der Waals surface area (Å²) < 4.78 is 0. The zero-order valence-corrected chi connectivity index (χ0v) is 25.5. The summed E-state index contributed by atoms with van der Waals surface area (Å²) in [5.41, 5.74) is 4.04. The Hall–Kier alpha value is -2.49. The van der Waals surface area contributed by atoms with Crippen LogP contribution in [0.5, 0.6) is 11.5 Å². The second-order valence-corrected chi connectivity index (χ2v) is 13.2. The molecular weight excluding hydrogens is 470 g/mol. The van der Waals surface area contributed by atoms with Gasteiger partial charge in [-0.25, -0.2) is 0 Å². The molecule has 0 fully saturated rings. The summed E-state index contributed by atoms with van der Waals surface area (Å²) in [7, 11) is 0. The van der Waals surface area contributed by atoms with Crippen LogP contribution in [-0.2, 0) is 28.5 Å². The lowest BCUT2D eigenvalue weighted by Crippen LogP contribution is -2.45. The van der Waals surface area contributed by atoms with Gasteiger partial charge in [0.05, 0.1) is 0 Å². The molecule has 0 aliphatic carbocycles. The van der Waals surface area contributed by atoms with Crippen LogP contribution in [0.4, 0.5) is 0 Å². The molecule has 4 nitrogen and oxygen atoms in total. The van der Waals surface area contributed by atoms with Crippen molar-refractivity contribution in [3.05, 3.63) is 58.7 Å². The molecule has 0 saturated carbocycles. The van der Waals surface area contributed by atoms with E-state index in [4.69, 9.17) is 0 Å². The van der Waals surface area contributed by atoms with Gasteiger partial charge in [0.15, 0.2) is 0 Å². The Kier molecular flexibility index (Phi) is 11.3. The fourth-order valence-corrected chi connectivity index (χ4v) is 5.38. The Morgan fingerprint density at radius 1 is 0.842 bits per heavy atom. The molecule has 2 aromatic carbocycles. The van der Waals surface area contributed by atoms with E-state index in [0.29, 0.717) is 17.9 Å². The van der Waals surface area contributed by atoms with Crippen LogP contribution >= 0.6 is 0 Å². The highest BCUT2D eigenvalue weighted by molar-refractivity contribution is 5.76. The summed E-state index contributed by atoms with van der Waals surface area (Å²) in [6.45, 7) is 20.0. The smallest absolute Gasteiger partial charge is 0.222 e. The number of amides is 1. The number of hydrogen-bond donors (Lipinski definition) is 2. The van der Waals surface area contributed by atoms with Gasteiger partial charge in [-0.15, -0.1) is 0 Å². The topological polar surface area (TPSA) is 60.8 Å². The van der Waals surface area contributed by atoms with E-state index in [9.17, 15) is 15.0 Å². The first-order valence-electron chi connectivity index (χ1n) is 14.6. The van der Waals surface area contributed by atoms with E-state index in [1.165, 1.54) is 11.1 Å². The zero-order chi connectivity index (χ0) is 28.7. The van der Waals surface area contributed by atoms with Gasteiger partial charge in [0.2, 0.25) is 5.91 Å². The van der Waals surface area contributed by atoms with Crippen LogP contribution in [0.2, 0.25) is 0 Å². The fourth-order valence-electron chi connectivity index (χ4n) is 5.38. The van der Waals surface area contributed by atoms with Crippen LogP contribution < -0.4 is 0 Å². The zero-order valence-electron chi connectivity index (χ0n) is 25.5. The van der Waals surface area contributed by atoms with Gasteiger partial charge in [-0.1, -0.05) is 93.0 Å². The van der Waals surface area contributed by atoms with Crippen LogP contribution in [0.15, 0.2) is 36.4 Å². The van der Waals surface area contributed by atoms with Gasteiger partial charge in [-0.3, -0.25) is 4.79 Å². The molecule has 2 rings (SSSR count). The molecule has 0 aliphatic rings. The van der Waals surface area contributed by atoms with Crippen LogP contribution in [0, 0.1) is 5.92 Å². The average Bonchev–Trinajstić information content (AvgIpc) is 2.81. The summed E-state index contributed by atoms with van der Waals surface area (Å²) in [5, 5.41) is 20.9. The number of hydrogen-bond acceptors (Lipinski definition) is 3. The van der Waals surface area contributed by atoms with Crippen molar-refractivity contribution in [2.75, 3.05) is 6.54 Å². The highest BCUT2D eigenvalue weighted by Crippen LogP contribution is 2.34. The van der Waals surface area contributed by atoms with E-state index in [-0.39, 0.29) is 28.7 Å². The van der Waals surface area contributed by atoms with E-state index >= 15 is 0 Å². The first-order chi connectivity index (χ1) is 17.7. The largest absolute Gasteiger partial charge is 0.508 e. The third-order valence-electron chi connectivity index (χ3n) is 7.62. The molecule has 0 bridgehead atoms. The lowest BCUT2D eigenvalue weighted by molar-refractivity contribution is -0.135. The maximum absolute atomic E-state index is 13.4. The number of carbonyl (C=O) groups excluding carboxylic acids is 1. The van der Waals surface area contributed by atoms with E-state index in [0.717, 1.165) is 56.2 Å². The lowest BCUT2D eigenvalue weighted by atomic mass is 9.82. The summed E-state index contributed by atoms with van der Waals surface area (Å²) in [5.74, 6) is 1.19. The van der Waals surface area contributed by atoms with Gasteiger partial charge in [-0.2, -0.15) is 0 Å². The Balaban J connectivity index is 2.40. The molecule has 0 aliphatic heterocycles. The molecule has 0 saturated heterocycles. The molecular formula is C34H53NO3. The molecule has 2 atom stereocenters. The molecule has 2 N–H and O–H groups in total. The number of nitrogens with zero attached hydrogens (tertiary/aromatic N) is 1. The standard InChI is InChI=1S/C34H53NO3/c1-10-12-20-35(32(38)13-11-2)29(17-14-25-15-18-30(36)27(22-25)33(4,5)6)24(3)21-26-16-19-31(37)28(23-26)34(7,8)9/h15-16,18-19,22-24,29,36-37H,10-14,17,20-21H2,1-9H3. The van der Waals surface area contributed by atoms with Crippen molar-refractivity contribution in [1.82, 2.24) is 4.90 Å². The van der Waals surface area contributed by atoms with Crippen LogP contribution in [0.25, 0.3) is 0 Å². The second-order valence-electron chi connectivity index (χ2n) is 13.2. The average molecular weight is 524 g/mol. The normalized spacial score (nSPS) is 13.8. The number of unbranched alkanes of at least 4 members (excludes halogenated alkanes) is 1. The second kappa shape index (κ2) is 13.5. The summed E-state index contributed by atoms with van der Waals surface area (Å²) >= 11 is 0. The fraction of sp³-hybridized carbons (Fsp3) is 0.618. The van der Waals surface area contributed by atoms with Gasteiger partial charge < -0.3 is 15.1 Å². The minimum atomic E-state index is -0.142. The summed E-state index contributed by atoms with van der Waals surface area (Å²) in [6.07, 6.45) is 6.05. The summed E-state index contributed by atoms with van der Waals surface area (Å²) in [4.78, 5) is 15.5. The van der Waals surface area contributed by atoms with E-state index in [1.54, 1.807) is 0 Å². The SMILES string of the molecule is CCCCN(C(=O)CCC)C(CCc1ccc(O)c(C(C)(C)C)c1)C(C)Cc1ccc(O)c(C(C)(C)C)c1. The maximum Gasteiger partial charge on any atom is 0.222 e. The number of phenolic OH excluding ortho intramolecular Hbond substituents is 2. The third-order valence-corrected chi connectivity index (χ3v) is 7.62. The van der Waals surface area contributed by atoms with Crippen LogP contribution in [-0.4, -0.2) is 33.6 Å².